The maximum Gasteiger partial charge on any atom is 0.307 e. The van der Waals surface area contributed by atoms with Gasteiger partial charge < -0.3 is 10.1 Å². The summed E-state index contributed by atoms with van der Waals surface area (Å²) in [5.41, 5.74) is -0.256. The van der Waals surface area contributed by atoms with Crippen molar-refractivity contribution in [1.82, 2.24) is 15.1 Å². The Morgan fingerprint density at radius 3 is 2.65 bits per heavy atom. The van der Waals surface area contributed by atoms with Crippen molar-refractivity contribution in [2.45, 2.75) is 38.8 Å². The highest BCUT2D eigenvalue weighted by Crippen LogP contribution is 2.17. The van der Waals surface area contributed by atoms with Gasteiger partial charge >= 0.3 is 5.69 Å². The van der Waals surface area contributed by atoms with Gasteiger partial charge in [0.05, 0.1) is 11.0 Å². The van der Waals surface area contributed by atoms with Crippen LogP contribution in [-0.4, -0.2) is 39.9 Å². The molecule has 1 aromatic rings. The first-order chi connectivity index (χ1) is 9.33. The summed E-state index contributed by atoms with van der Waals surface area (Å²) in [5.74, 6) is 0. The maximum atomic E-state index is 10.4. The predicted octanol–water partition coefficient (Wildman–Crippen LogP) is 1.28. The van der Waals surface area contributed by atoms with Crippen LogP contribution in [0.15, 0.2) is 12.4 Å². The monoisotopic (exact) mass is 284 g/mol. The van der Waals surface area contributed by atoms with E-state index in [0.29, 0.717) is 6.47 Å². The Kier molecular flexibility index (Phi) is 5.63. The molecule has 0 aromatic carbocycles. The van der Waals surface area contributed by atoms with Gasteiger partial charge in [-0.1, -0.05) is 0 Å². The minimum absolute atomic E-state index is 0.0619. The Labute approximate surface area is 117 Å². The summed E-state index contributed by atoms with van der Waals surface area (Å²) in [6, 6.07) is 0.272. The highest BCUT2D eigenvalue weighted by Gasteiger charge is 2.19. The zero-order valence-electron chi connectivity index (χ0n) is 11.9. The number of nitrogens with zero attached hydrogens (tertiary/aromatic N) is 3. The van der Waals surface area contributed by atoms with Gasteiger partial charge in [-0.25, -0.2) is 0 Å². The molecule has 0 amide bonds. The molecular weight excluding hydrogens is 264 g/mol. The molecule has 8 heteroatoms. The van der Waals surface area contributed by atoms with Gasteiger partial charge in [0.15, 0.2) is 0 Å². The van der Waals surface area contributed by atoms with E-state index in [9.17, 15) is 14.9 Å². The topological polar surface area (TPSA) is 99.3 Å². The molecule has 0 aliphatic carbocycles. The van der Waals surface area contributed by atoms with E-state index in [1.165, 1.54) is 12.4 Å². The van der Waals surface area contributed by atoms with E-state index in [1.807, 2.05) is 20.8 Å². The van der Waals surface area contributed by atoms with Crippen LogP contribution in [0.4, 0.5) is 5.69 Å². The van der Waals surface area contributed by atoms with Crippen LogP contribution in [0, 0.1) is 10.1 Å². The standard InChI is InChI=1S/C7H10N4O2.C5H10O2/c12-11(13)7-4-9-10(5-7)6-1-2-8-3-6;1-5(2,3)7-4-6/h4-6,8H,1-3H2;4H,1-3H3/t6-;/m0./s1. The fourth-order valence-electron chi connectivity index (χ4n) is 1.63. The summed E-state index contributed by atoms with van der Waals surface area (Å²) >= 11 is 0. The number of rotatable bonds is 3. The van der Waals surface area contributed by atoms with E-state index in [-0.39, 0.29) is 17.3 Å². The van der Waals surface area contributed by atoms with Gasteiger partial charge in [0.25, 0.3) is 6.47 Å². The van der Waals surface area contributed by atoms with Crippen LogP contribution < -0.4 is 5.32 Å². The molecule has 20 heavy (non-hydrogen) atoms. The van der Waals surface area contributed by atoms with Gasteiger partial charge in [0, 0.05) is 6.54 Å². The fraction of sp³-hybridized carbons (Fsp3) is 0.667. The highest BCUT2D eigenvalue weighted by atomic mass is 16.6. The summed E-state index contributed by atoms with van der Waals surface area (Å²) in [6.07, 6.45) is 3.76. The van der Waals surface area contributed by atoms with Crippen molar-refractivity contribution in [3.8, 4) is 0 Å². The number of nitro groups is 1. The van der Waals surface area contributed by atoms with E-state index in [0.717, 1.165) is 19.5 Å². The number of hydrogen-bond donors (Lipinski definition) is 1. The van der Waals surface area contributed by atoms with E-state index in [4.69, 9.17) is 0 Å². The zero-order valence-corrected chi connectivity index (χ0v) is 11.9. The molecule has 8 nitrogen and oxygen atoms in total. The Morgan fingerprint density at radius 1 is 1.60 bits per heavy atom. The molecule has 1 aromatic heterocycles. The third-order valence-electron chi connectivity index (χ3n) is 2.61. The summed E-state index contributed by atoms with van der Waals surface area (Å²) < 4.78 is 6.21. The molecule has 0 spiro atoms. The quantitative estimate of drug-likeness (QED) is 0.510. The summed E-state index contributed by atoms with van der Waals surface area (Å²) in [5, 5.41) is 17.5. The van der Waals surface area contributed by atoms with Crippen molar-refractivity contribution in [2.24, 2.45) is 0 Å². The Bertz CT molecular complexity index is 447. The largest absolute Gasteiger partial charge is 0.462 e. The third kappa shape index (κ3) is 5.35. The van der Waals surface area contributed by atoms with Crippen molar-refractivity contribution in [3.63, 3.8) is 0 Å². The molecule has 1 atom stereocenters. The van der Waals surface area contributed by atoms with Crippen LogP contribution in [0.5, 0.6) is 0 Å². The van der Waals surface area contributed by atoms with E-state index in [1.54, 1.807) is 4.68 Å². The molecule has 1 fully saturated rings. The molecule has 112 valence electrons. The van der Waals surface area contributed by atoms with Gasteiger partial charge in [-0.15, -0.1) is 0 Å². The SMILES string of the molecule is CC(C)(C)OC=O.O=[N+]([O-])c1cnn([C@H]2CCNC2)c1. The van der Waals surface area contributed by atoms with Crippen molar-refractivity contribution in [2.75, 3.05) is 13.1 Å². The second-order valence-electron chi connectivity index (χ2n) is 5.41. The molecule has 0 unspecified atom stereocenters. The molecule has 1 N–H and O–H groups in total. The van der Waals surface area contributed by atoms with Crippen LogP contribution in [0.3, 0.4) is 0 Å². The Morgan fingerprint density at radius 2 is 2.30 bits per heavy atom. The average Bonchev–Trinajstić information content (AvgIpc) is 2.99. The van der Waals surface area contributed by atoms with Crippen molar-refractivity contribution in [1.29, 1.82) is 0 Å². The first-order valence-corrected chi connectivity index (χ1v) is 6.34. The lowest BCUT2D eigenvalue weighted by molar-refractivity contribution is -0.385. The molecule has 1 aliphatic heterocycles. The number of carbonyl (C=O) groups is 1. The van der Waals surface area contributed by atoms with E-state index < -0.39 is 4.92 Å². The lowest BCUT2D eigenvalue weighted by Gasteiger charge is -2.14. The van der Waals surface area contributed by atoms with Crippen LogP contribution in [0.2, 0.25) is 0 Å². The second-order valence-corrected chi connectivity index (χ2v) is 5.41. The van der Waals surface area contributed by atoms with Crippen LogP contribution in [-0.2, 0) is 9.53 Å². The lowest BCUT2D eigenvalue weighted by Crippen LogP contribution is -2.17. The molecule has 0 bridgehead atoms. The minimum Gasteiger partial charge on any atom is -0.462 e. The van der Waals surface area contributed by atoms with Crippen LogP contribution in [0.1, 0.15) is 33.2 Å². The van der Waals surface area contributed by atoms with Gasteiger partial charge in [-0.3, -0.25) is 19.6 Å². The summed E-state index contributed by atoms with van der Waals surface area (Å²) in [4.78, 5) is 19.5. The van der Waals surface area contributed by atoms with Crippen molar-refractivity contribution < 1.29 is 14.5 Å². The molecule has 0 saturated carbocycles. The maximum absolute atomic E-state index is 10.4. The van der Waals surface area contributed by atoms with Crippen molar-refractivity contribution >= 4 is 12.2 Å². The van der Waals surface area contributed by atoms with E-state index in [2.05, 4.69) is 15.2 Å². The van der Waals surface area contributed by atoms with E-state index >= 15 is 0 Å². The Hall–Kier alpha value is -1.96. The molecule has 1 aliphatic rings. The Balaban J connectivity index is 0.000000246. The molecule has 0 radical (unpaired) electrons. The number of nitrogens with one attached hydrogen (secondary N) is 1. The van der Waals surface area contributed by atoms with Crippen LogP contribution >= 0.6 is 0 Å². The first kappa shape index (κ1) is 16.1. The third-order valence-corrected chi connectivity index (χ3v) is 2.61. The smallest absolute Gasteiger partial charge is 0.307 e. The number of aromatic nitrogens is 2. The average molecular weight is 284 g/mol. The second kappa shape index (κ2) is 6.99. The zero-order chi connectivity index (χ0) is 15.2. The molecule has 1 saturated heterocycles. The molecule has 2 heterocycles. The fourth-order valence-corrected chi connectivity index (χ4v) is 1.63. The van der Waals surface area contributed by atoms with Gasteiger partial charge in [-0.2, -0.15) is 5.10 Å². The predicted molar refractivity (Wildman–Crippen MR) is 72.3 cm³/mol. The molecule has 2 rings (SSSR count). The summed E-state index contributed by atoms with van der Waals surface area (Å²) in [7, 11) is 0. The minimum atomic E-state index is -0.425. The van der Waals surface area contributed by atoms with Gasteiger partial charge in [0.1, 0.15) is 18.0 Å². The normalized spacial score (nSPS) is 18.1. The number of hydrogen-bond acceptors (Lipinski definition) is 6. The van der Waals surface area contributed by atoms with Crippen LogP contribution in [0.25, 0.3) is 0 Å². The molecular formula is C12H20N4O4. The first-order valence-electron chi connectivity index (χ1n) is 6.34. The van der Waals surface area contributed by atoms with Crippen molar-refractivity contribution in [3.05, 3.63) is 22.5 Å². The lowest BCUT2D eigenvalue weighted by atomic mass is 10.2. The number of ether oxygens (including phenoxy) is 1. The van der Waals surface area contributed by atoms with Gasteiger partial charge in [0.2, 0.25) is 0 Å². The summed E-state index contributed by atoms with van der Waals surface area (Å²) in [6.45, 7) is 7.72. The number of carbonyl (C=O) groups excluding carboxylic acids is 1. The van der Waals surface area contributed by atoms with Gasteiger partial charge in [-0.05, 0) is 33.7 Å². The highest BCUT2D eigenvalue weighted by molar-refractivity contribution is 5.37.